The predicted octanol–water partition coefficient (Wildman–Crippen LogP) is 6.35. The molecule has 0 radical (unpaired) electrons. The maximum atomic E-state index is 13.4. The third-order valence-corrected chi connectivity index (χ3v) is 5.09. The minimum absolute atomic E-state index is 0.107. The Labute approximate surface area is 180 Å². The van der Waals surface area contributed by atoms with Crippen molar-refractivity contribution in [2.45, 2.75) is 0 Å². The molecule has 0 unspecified atom stereocenters. The number of aromatic nitrogens is 2. The summed E-state index contributed by atoms with van der Waals surface area (Å²) in [6.45, 7) is 0. The van der Waals surface area contributed by atoms with Gasteiger partial charge < -0.3 is 5.32 Å². The zero-order valence-electron chi connectivity index (χ0n) is 14.9. The van der Waals surface area contributed by atoms with Gasteiger partial charge >= 0.3 is 0 Å². The summed E-state index contributed by atoms with van der Waals surface area (Å²) in [5.41, 5.74) is 2.66. The molecule has 0 fully saturated rings. The van der Waals surface area contributed by atoms with Gasteiger partial charge in [-0.25, -0.2) is 9.07 Å². The van der Waals surface area contributed by atoms with Crippen LogP contribution in [0.15, 0.2) is 83.3 Å². The van der Waals surface area contributed by atoms with Crippen LogP contribution in [0.2, 0.25) is 5.02 Å². The number of hydrogen-bond acceptors (Lipinski definition) is 2. The number of rotatable bonds is 4. The minimum Gasteiger partial charge on any atom is -0.306 e. The highest BCUT2D eigenvalue weighted by atomic mass is 79.9. The molecule has 0 aliphatic carbocycles. The average molecular weight is 471 g/mol. The van der Waals surface area contributed by atoms with E-state index in [4.69, 9.17) is 11.6 Å². The van der Waals surface area contributed by atoms with Crippen molar-refractivity contribution in [3.8, 4) is 16.9 Å². The smallest absolute Gasteiger partial charge is 0.256 e. The van der Waals surface area contributed by atoms with Gasteiger partial charge in [0.1, 0.15) is 11.6 Å². The molecule has 4 rings (SSSR count). The van der Waals surface area contributed by atoms with Gasteiger partial charge in [-0.15, -0.1) is 0 Å². The normalized spacial score (nSPS) is 10.7. The van der Waals surface area contributed by atoms with E-state index in [0.29, 0.717) is 11.5 Å². The minimum atomic E-state index is -0.575. The molecule has 1 N–H and O–H groups in total. The fourth-order valence-electron chi connectivity index (χ4n) is 2.83. The standard InChI is InChI=1S/C22H14BrClFN3O/c23-16-7-9-17(10-8-16)28-21(13-20(27-28)14-4-2-1-3-5-14)26-22(29)15-6-11-19(25)18(24)12-15/h1-13H,(H,26,29). The van der Waals surface area contributed by atoms with Gasteiger partial charge in [-0.3, -0.25) is 4.79 Å². The summed E-state index contributed by atoms with van der Waals surface area (Å²) < 4.78 is 16.0. The number of carbonyl (C=O) groups excluding carboxylic acids is 1. The van der Waals surface area contributed by atoms with Crippen LogP contribution in [0.25, 0.3) is 16.9 Å². The van der Waals surface area contributed by atoms with Crippen LogP contribution in [-0.2, 0) is 0 Å². The number of hydrogen-bond donors (Lipinski definition) is 1. The number of halogens is 3. The third kappa shape index (κ3) is 4.23. The summed E-state index contributed by atoms with van der Waals surface area (Å²) >= 11 is 9.23. The number of nitrogens with one attached hydrogen (secondary N) is 1. The maximum absolute atomic E-state index is 13.4. The lowest BCUT2D eigenvalue weighted by Crippen LogP contribution is -2.15. The van der Waals surface area contributed by atoms with Crippen LogP contribution in [0, 0.1) is 5.82 Å². The van der Waals surface area contributed by atoms with Crippen molar-refractivity contribution in [1.82, 2.24) is 9.78 Å². The van der Waals surface area contributed by atoms with Gasteiger partial charge in [0.05, 0.1) is 16.4 Å². The topological polar surface area (TPSA) is 46.9 Å². The van der Waals surface area contributed by atoms with E-state index in [0.717, 1.165) is 15.7 Å². The SMILES string of the molecule is O=C(Nc1cc(-c2ccccc2)nn1-c1ccc(Br)cc1)c1ccc(F)c(Cl)c1. The summed E-state index contributed by atoms with van der Waals surface area (Å²) in [7, 11) is 0. The Morgan fingerprint density at radius 2 is 1.72 bits per heavy atom. The zero-order valence-corrected chi connectivity index (χ0v) is 17.3. The largest absolute Gasteiger partial charge is 0.306 e. The highest BCUT2D eigenvalue weighted by Crippen LogP contribution is 2.26. The van der Waals surface area contributed by atoms with Crippen LogP contribution in [0.4, 0.5) is 10.2 Å². The van der Waals surface area contributed by atoms with Crippen molar-refractivity contribution in [3.05, 3.63) is 99.7 Å². The summed E-state index contributed by atoms with van der Waals surface area (Å²) in [4.78, 5) is 12.7. The zero-order chi connectivity index (χ0) is 20.4. The molecule has 29 heavy (non-hydrogen) atoms. The van der Waals surface area contributed by atoms with Crippen molar-refractivity contribution in [3.63, 3.8) is 0 Å². The molecule has 7 heteroatoms. The van der Waals surface area contributed by atoms with E-state index < -0.39 is 11.7 Å². The van der Waals surface area contributed by atoms with Crippen molar-refractivity contribution < 1.29 is 9.18 Å². The molecule has 4 nitrogen and oxygen atoms in total. The molecule has 0 atom stereocenters. The number of amides is 1. The molecule has 1 amide bonds. The second-order valence-corrected chi connectivity index (χ2v) is 7.57. The molecule has 0 aliphatic heterocycles. The molecule has 0 aliphatic rings. The lowest BCUT2D eigenvalue weighted by atomic mass is 10.1. The maximum Gasteiger partial charge on any atom is 0.256 e. The van der Waals surface area contributed by atoms with E-state index >= 15 is 0 Å². The van der Waals surface area contributed by atoms with Crippen LogP contribution < -0.4 is 5.32 Å². The average Bonchev–Trinajstić information content (AvgIpc) is 3.15. The predicted molar refractivity (Wildman–Crippen MR) is 116 cm³/mol. The number of anilines is 1. The van der Waals surface area contributed by atoms with Crippen molar-refractivity contribution in [2.75, 3.05) is 5.32 Å². The Kier molecular flexibility index (Phi) is 5.47. The van der Waals surface area contributed by atoms with Crippen molar-refractivity contribution >= 4 is 39.3 Å². The molecule has 0 saturated carbocycles. The van der Waals surface area contributed by atoms with E-state index in [1.807, 2.05) is 54.6 Å². The number of benzene rings is 3. The summed E-state index contributed by atoms with van der Waals surface area (Å²) in [6, 6.07) is 22.9. The number of carbonyl (C=O) groups is 1. The second-order valence-electron chi connectivity index (χ2n) is 6.25. The van der Waals surface area contributed by atoms with Gasteiger partial charge in [0.2, 0.25) is 0 Å². The molecule has 1 heterocycles. The van der Waals surface area contributed by atoms with Gasteiger partial charge in [-0.1, -0.05) is 57.9 Å². The van der Waals surface area contributed by atoms with Crippen LogP contribution in [-0.4, -0.2) is 15.7 Å². The Balaban J connectivity index is 1.74. The molecule has 0 spiro atoms. The quantitative estimate of drug-likeness (QED) is 0.378. The van der Waals surface area contributed by atoms with E-state index in [2.05, 4.69) is 26.3 Å². The van der Waals surface area contributed by atoms with Gasteiger partial charge in [0.15, 0.2) is 0 Å². The Morgan fingerprint density at radius 3 is 2.41 bits per heavy atom. The number of nitrogens with zero attached hydrogens (tertiary/aromatic N) is 2. The van der Waals surface area contributed by atoms with Gasteiger partial charge in [-0.2, -0.15) is 5.10 Å². The van der Waals surface area contributed by atoms with Gasteiger partial charge in [0.25, 0.3) is 5.91 Å². The first-order valence-electron chi connectivity index (χ1n) is 8.69. The molecule has 4 aromatic rings. The van der Waals surface area contributed by atoms with Crippen molar-refractivity contribution in [1.29, 1.82) is 0 Å². The molecule has 0 saturated heterocycles. The van der Waals surface area contributed by atoms with Crippen LogP contribution in [0.3, 0.4) is 0 Å². The first kappa shape index (κ1) is 19.4. The Bertz CT molecular complexity index is 1180. The Hall–Kier alpha value is -2.96. The van der Waals surface area contributed by atoms with Gasteiger partial charge in [0, 0.05) is 21.7 Å². The summed E-state index contributed by atoms with van der Waals surface area (Å²) in [5.74, 6) is -0.504. The lowest BCUT2D eigenvalue weighted by Gasteiger charge is -2.09. The second kappa shape index (κ2) is 8.19. The molecule has 144 valence electrons. The highest BCUT2D eigenvalue weighted by Gasteiger charge is 2.16. The van der Waals surface area contributed by atoms with Crippen LogP contribution >= 0.6 is 27.5 Å². The van der Waals surface area contributed by atoms with E-state index in [1.54, 1.807) is 10.7 Å². The first-order valence-corrected chi connectivity index (χ1v) is 9.86. The van der Waals surface area contributed by atoms with Gasteiger partial charge in [-0.05, 0) is 42.5 Å². The third-order valence-electron chi connectivity index (χ3n) is 4.27. The molecule has 0 bridgehead atoms. The monoisotopic (exact) mass is 469 g/mol. The molecular formula is C22H14BrClFN3O. The van der Waals surface area contributed by atoms with Crippen LogP contribution in [0.1, 0.15) is 10.4 Å². The van der Waals surface area contributed by atoms with Crippen molar-refractivity contribution in [2.24, 2.45) is 0 Å². The molecule has 3 aromatic carbocycles. The fourth-order valence-corrected chi connectivity index (χ4v) is 3.27. The van der Waals surface area contributed by atoms with E-state index in [1.165, 1.54) is 18.2 Å². The highest BCUT2D eigenvalue weighted by molar-refractivity contribution is 9.10. The fraction of sp³-hybridized carbons (Fsp3) is 0. The lowest BCUT2D eigenvalue weighted by molar-refractivity contribution is 0.102. The first-order chi connectivity index (χ1) is 14.0. The molecular weight excluding hydrogens is 457 g/mol. The Morgan fingerprint density at radius 1 is 1.00 bits per heavy atom. The van der Waals surface area contributed by atoms with Crippen LogP contribution in [0.5, 0.6) is 0 Å². The summed E-state index contributed by atoms with van der Waals surface area (Å²) in [5, 5.41) is 7.40. The molecule has 1 aromatic heterocycles. The summed E-state index contributed by atoms with van der Waals surface area (Å²) in [6.07, 6.45) is 0. The van der Waals surface area contributed by atoms with E-state index in [-0.39, 0.29) is 10.6 Å². The van der Waals surface area contributed by atoms with E-state index in [9.17, 15) is 9.18 Å².